The van der Waals surface area contributed by atoms with Gasteiger partial charge in [-0.1, -0.05) is 24.6 Å². The van der Waals surface area contributed by atoms with E-state index in [0.717, 1.165) is 12.2 Å². The molecule has 0 radical (unpaired) electrons. The minimum Gasteiger partial charge on any atom is -0.496 e. The van der Waals surface area contributed by atoms with Crippen molar-refractivity contribution in [1.82, 2.24) is 0 Å². The number of aliphatic hydroxyl groups is 1. The van der Waals surface area contributed by atoms with Crippen molar-refractivity contribution in [2.75, 3.05) is 13.7 Å². The highest BCUT2D eigenvalue weighted by Crippen LogP contribution is 2.47. The highest BCUT2D eigenvalue weighted by Gasteiger charge is 2.41. The Labute approximate surface area is 104 Å². The zero-order valence-electron chi connectivity index (χ0n) is 11.0. The molecule has 1 fully saturated rings. The normalized spacial score (nSPS) is 18.8. The van der Waals surface area contributed by atoms with Crippen LogP contribution in [0.5, 0.6) is 5.75 Å². The van der Waals surface area contributed by atoms with Crippen LogP contribution in [-0.4, -0.2) is 18.8 Å². The van der Waals surface area contributed by atoms with Gasteiger partial charge in [-0.25, -0.2) is 0 Å². The van der Waals surface area contributed by atoms with Gasteiger partial charge in [-0.05, 0) is 49.1 Å². The quantitative estimate of drug-likeness (QED) is 0.848. The van der Waals surface area contributed by atoms with Gasteiger partial charge in [0.2, 0.25) is 0 Å². The highest BCUT2D eigenvalue weighted by atomic mass is 16.5. The van der Waals surface area contributed by atoms with Crippen LogP contribution in [0.25, 0.3) is 0 Å². The second-order valence-corrected chi connectivity index (χ2v) is 5.58. The summed E-state index contributed by atoms with van der Waals surface area (Å²) < 4.78 is 5.41. The summed E-state index contributed by atoms with van der Waals surface area (Å²) >= 11 is 0. The monoisotopic (exact) mass is 234 g/mol. The van der Waals surface area contributed by atoms with E-state index in [1.165, 1.54) is 24.0 Å². The van der Waals surface area contributed by atoms with Crippen molar-refractivity contribution in [2.45, 2.75) is 33.1 Å². The second-order valence-electron chi connectivity index (χ2n) is 5.58. The Morgan fingerprint density at radius 2 is 2.12 bits per heavy atom. The van der Waals surface area contributed by atoms with Gasteiger partial charge in [0.15, 0.2) is 0 Å². The summed E-state index contributed by atoms with van der Waals surface area (Å²) in [6.45, 7) is 4.54. The smallest absolute Gasteiger partial charge is 0.122 e. The number of benzene rings is 1. The van der Waals surface area contributed by atoms with Gasteiger partial charge in [-0.2, -0.15) is 0 Å². The maximum absolute atomic E-state index is 9.65. The number of aryl methyl sites for hydroxylation is 1. The van der Waals surface area contributed by atoms with E-state index in [9.17, 15) is 5.11 Å². The molecule has 2 nitrogen and oxygen atoms in total. The van der Waals surface area contributed by atoms with Crippen LogP contribution >= 0.6 is 0 Å². The van der Waals surface area contributed by atoms with Gasteiger partial charge < -0.3 is 9.84 Å². The van der Waals surface area contributed by atoms with Crippen molar-refractivity contribution in [1.29, 1.82) is 0 Å². The summed E-state index contributed by atoms with van der Waals surface area (Å²) in [4.78, 5) is 0. The van der Waals surface area contributed by atoms with Crippen molar-refractivity contribution in [3.63, 3.8) is 0 Å². The van der Waals surface area contributed by atoms with Crippen molar-refractivity contribution in [3.8, 4) is 5.75 Å². The van der Waals surface area contributed by atoms with Crippen LogP contribution in [0.15, 0.2) is 18.2 Å². The number of hydrogen-bond acceptors (Lipinski definition) is 2. The predicted molar refractivity (Wildman–Crippen MR) is 69.4 cm³/mol. The van der Waals surface area contributed by atoms with Crippen LogP contribution in [0.2, 0.25) is 0 Å². The minimum atomic E-state index is 0.0150. The van der Waals surface area contributed by atoms with Gasteiger partial charge in [-0.15, -0.1) is 0 Å². The molecule has 1 aromatic carbocycles. The van der Waals surface area contributed by atoms with Gasteiger partial charge in [0.1, 0.15) is 5.75 Å². The van der Waals surface area contributed by atoms with Crippen LogP contribution in [0, 0.1) is 18.3 Å². The first kappa shape index (κ1) is 12.4. The lowest BCUT2D eigenvalue weighted by molar-refractivity contribution is 0.119. The minimum absolute atomic E-state index is 0.0150. The molecule has 94 valence electrons. The molecule has 0 heterocycles. The van der Waals surface area contributed by atoms with Gasteiger partial charge >= 0.3 is 0 Å². The fourth-order valence-corrected chi connectivity index (χ4v) is 2.59. The maximum atomic E-state index is 9.65. The molecule has 2 rings (SSSR count). The highest BCUT2D eigenvalue weighted by molar-refractivity contribution is 5.37. The predicted octanol–water partition coefficient (Wildman–Crippen LogP) is 2.95. The van der Waals surface area contributed by atoms with E-state index in [2.05, 4.69) is 26.0 Å². The molecule has 0 saturated heterocycles. The first-order valence-corrected chi connectivity index (χ1v) is 6.33. The van der Waals surface area contributed by atoms with E-state index in [0.29, 0.717) is 5.92 Å². The molecular formula is C15H22O2. The molecule has 1 unspecified atom stereocenters. The summed E-state index contributed by atoms with van der Waals surface area (Å²) in [6, 6.07) is 6.26. The first-order valence-electron chi connectivity index (χ1n) is 6.33. The average Bonchev–Trinajstić information content (AvgIpc) is 3.13. The SMILES string of the molecule is COc1ccc(C)cc1CC(C)(CO)C1CC1. The Bertz CT molecular complexity index is 396. The summed E-state index contributed by atoms with van der Waals surface area (Å²) in [5.74, 6) is 1.62. The molecule has 0 spiro atoms. The zero-order chi connectivity index (χ0) is 12.5. The Morgan fingerprint density at radius 3 is 2.65 bits per heavy atom. The van der Waals surface area contributed by atoms with E-state index in [1.54, 1.807) is 7.11 Å². The van der Waals surface area contributed by atoms with E-state index in [1.807, 2.05) is 6.07 Å². The first-order chi connectivity index (χ1) is 8.09. The lowest BCUT2D eigenvalue weighted by Crippen LogP contribution is -2.27. The van der Waals surface area contributed by atoms with Gasteiger partial charge in [0.05, 0.1) is 7.11 Å². The third-order valence-electron chi connectivity index (χ3n) is 3.95. The number of hydrogen-bond donors (Lipinski definition) is 1. The van der Waals surface area contributed by atoms with E-state index < -0.39 is 0 Å². The summed E-state index contributed by atoms with van der Waals surface area (Å²) in [7, 11) is 1.71. The Kier molecular flexibility index (Phi) is 3.43. The van der Waals surface area contributed by atoms with Crippen molar-refractivity contribution in [3.05, 3.63) is 29.3 Å². The third kappa shape index (κ3) is 2.63. The van der Waals surface area contributed by atoms with E-state index in [4.69, 9.17) is 4.74 Å². The van der Waals surface area contributed by atoms with Crippen LogP contribution < -0.4 is 4.74 Å². The zero-order valence-corrected chi connectivity index (χ0v) is 11.0. The Morgan fingerprint density at radius 1 is 1.41 bits per heavy atom. The molecule has 0 amide bonds. The molecule has 1 aliphatic rings. The van der Waals surface area contributed by atoms with E-state index in [-0.39, 0.29) is 12.0 Å². The summed E-state index contributed by atoms with van der Waals surface area (Å²) in [5.41, 5.74) is 2.48. The van der Waals surface area contributed by atoms with Gasteiger partial charge in [0, 0.05) is 6.61 Å². The van der Waals surface area contributed by atoms with E-state index >= 15 is 0 Å². The fourth-order valence-electron chi connectivity index (χ4n) is 2.59. The summed E-state index contributed by atoms with van der Waals surface area (Å²) in [6.07, 6.45) is 3.41. The van der Waals surface area contributed by atoms with Gasteiger partial charge in [-0.3, -0.25) is 0 Å². The second kappa shape index (κ2) is 4.69. The molecule has 1 atom stereocenters. The van der Waals surface area contributed by atoms with Crippen molar-refractivity contribution < 1.29 is 9.84 Å². The molecule has 1 N–H and O–H groups in total. The molecule has 0 aliphatic heterocycles. The molecule has 0 bridgehead atoms. The largest absolute Gasteiger partial charge is 0.496 e. The van der Waals surface area contributed by atoms with Crippen molar-refractivity contribution >= 4 is 0 Å². The van der Waals surface area contributed by atoms with Crippen LogP contribution in [0.1, 0.15) is 30.9 Å². The number of rotatable bonds is 5. The molecule has 0 aromatic heterocycles. The molecule has 1 aliphatic carbocycles. The third-order valence-corrected chi connectivity index (χ3v) is 3.95. The van der Waals surface area contributed by atoms with Gasteiger partial charge in [0.25, 0.3) is 0 Å². The summed E-state index contributed by atoms with van der Waals surface area (Å²) in [5, 5.41) is 9.65. The molecule has 1 saturated carbocycles. The molecular weight excluding hydrogens is 212 g/mol. The molecule has 2 heteroatoms. The Hall–Kier alpha value is -1.02. The lowest BCUT2D eigenvalue weighted by atomic mass is 9.79. The molecule has 17 heavy (non-hydrogen) atoms. The number of methoxy groups -OCH3 is 1. The Balaban J connectivity index is 2.24. The number of aliphatic hydroxyl groups excluding tert-OH is 1. The topological polar surface area (TPSA) is 29.5 Å². The fraction of sp³-hybridized carbons (Fsp3) is 0.600. The van der Waals surface area contributed by atoms with Crippen LogP contribution in [-0.2, 0) is 6.42 Å². The van der Waals surface area contributed by atoms with Crippen molar-refractivity contribution in [2.24, 2.45) is 11.3 Å². The standard InChI is InChI=1S/C15H22O2/c1-11-4-7-14(17-3)12(8-11)9-15(2,10-16)13-5-6-13/h4,7-8,13,16H,5-6,9-10H2,1-3H3. The van der Waals surface area contributed by atoms with Crippen LogP contribution in [0.4, 0.5) is 0 Å². The number of ether oxygens (including phenoxy) is 1. The average molecular weight is 234 g/mol. The molecule has 1 aromatic rings. The maximum Gasteiger partial charge on any atom is 0.122 e. The van der Waals surface area contributed by atoms with Crippen LogP contribution in [0.3, 0.4) is 0 Å². The lowest BCUT2D eigenvalue weighted by Gasteiger charge is -2.28.